The number of amides is 2. The second-order valence-corrected chi connectivity index (χ2v) is 10.1. The van der Waals surface area contributed by atoms with E-state index in [9.17, 15) is 9.18 Å². The van der Waals surface area contributed by atoms with Crippen molar-refractivity contribution in [3.63, 3.8) is 0 Å². The van der Waals surface area contributed by atoms with E-state index in [2.05, 4.69) is 14.9 Å². The molecular weight excluding hydrogens is 512 g/mol. The van der Waals surface area contributed by atoms with E-state index < -0.39 is 12.1 Å². The van der Waals surface area contributed by atoms with Crippen molar-refractivity contribution in [3.05, 3.63) is 71.1 Å². The van der Waals surface area contributed by atoms with Crippen LogP contribution in [0.5, 0.6) is 0 Å². The first kappa shape index (κ1) is 24.4. The number of alkyl halides is 1. The molecule has 3 aliphatic rings. The summed E-state index contributed by atoms with van der Waals surface area (Å²) in [5.74, 6) is -0.957. The van der Waals surface area contributed by atoms with Crippen LogP contribution in [-0.2, 0) is 4.74 Å². The first-order valence-electron chi connectivity index (χ1n) is 12.3. The minimum atomic E-state index is -1.49. The van der Waals surface area contributed by atoms with Gasteiger partial charge in [-0.2, -0.15) is 0 Å². The minimum absolute atomic E-state index is 0.106. The molecule has 2 N–H and O–H groups in total. The quantitative estimate of drug-likeness (QED) is 0.526. The van der Waals surface area contributed by atoms with Crippen molar-refractivity contribution in [1.29, 1.82) is 0 Å². The Balaban J connectivity index is 1.31. The number of carbonyl (C=O) groups excluding carboxylic acids is 1. The van der Waals surface area contributed by atoms with Gasteiger partial charge in [0.05, 0.1) is 30.5 Å². The Labute approximate surface area is 221 Å². The molecular formula is C26H25F2N7O2S. The molecule has 12 heteroatoms. The van der Waals surface area contributed by atoms with Crippen LogP contribution in [-0.4, -0.2) is 71.4 Å². The van der Waals surface area contributed by atoms with Crippen LogP contribution in [0.4, 0.5) is 30.3 Å². The van der Waals surface area contributed by atoms with E-state index in [0.29, 0.717) is 61.3 Å². The molecule has 2 amide bonds. The Bertz CT molecular complexity index is 1400. The summed E-state index contributed by atoms with van der Waals surface area (Å²) >= 11 is 1.41. The highest BCUT2D eigenvalue weighted by atomic mass is 32.1. The van der Waals surface area contributed by atoms with Gasteiger partial charge in [0, 0.05) is 42.9 Å². The van der Waals surface area contributed by atoms with E-state index in [1.54, 1.807) is 42.6 Å². The topological polar surface area (TPSA) is 101 Å². The molecule has 38 heavy (non-hydrogen) atoms. The van der Waals surface area contributed by atoms with Crippen LogP contribution in [0.15, 0.2) is 60.5 Å². The summed E-state index contributed by atoms with van der Waals surface area (Å²) in [4.78, 5) is 32.3. The molecule has 2 saturated heterocycles. The van der Waals surface area contributed by atoms with E-state index in [1.165, 1.54) is 33.3 Å². The smallest absolute Gasteiger partial charge is 0.328 e. The fraction of sp³-hybridized carbons (Fsp3) is 0.308. The van der Waals surface area contributed by atoms with Crippen molar-refractivity contribution < 1.29 is 18.3 Å². The first-order chi connectivity index (χ1) is 18.5. The molecule has 0 saturated carbocycles. The zero-order valence-corrected chi connectivity index (χ0v) is 21.2. The number of ether oxygens (including phenoxy) is 1. The molecule has 9 nitrogen and oxygen atoms in total. The van der Waals surface area contributed by atoms with Gasteiger partial charge >= 0.3 is 6.03 Å². The number of thiazole rings is 1. The van der Waals surface area contributed by atoms with Gasteiger partial charge in [-0.1, -0.05) is 12.2 Å². The number of urea groups is 1. The summed E-state index contributed by atoms with van der Waals surface area (Å²) in [6.45, 7) is 3.24. The molecule has 0 bridgehead atoms. The second-order valence-electron chi connectivity index (χ2n) is 9.08. The lowest BCUT2D eigenvalue weighted by atomic mass is 9.92. The molecule has 2 fully saturated rings. The third kappa shape index (κ3) is 4.50. The van der Waals surface area contributed by atoms with Gasteiger partial charge in [-0.15, -0.1) is 11.3 Å². The van der Waals surface area contributed by atoms with Crippen LogP contribution in [0.1, 0.15) is 10.8 Å². The molecule has 0 spiro atoms. The zero-order chi connectivity index (χ0) is 26.2. The van der Waals surface area contributed by atoms with Gasteiger partial charge in [0.15, 0.2) is 11.3 Å². The predicted octanol–water partition coefficient (Wildman–Crippen LogP) is 3.98. The van der Waals surface area contributed by atoms with E-state index in [0.717, 1.165) is 5.13 Å². The average Bonchev–Trinajstić information content (AvgIpc) is 3.54. The number of rotatable bonds is 5. The van der Waals surface area contributed by atoms with Crippen molar-refractivity contribution in [2.45, 2.75) is 12.1 Å². The van der Waals surface area contributed by atoms with Crippen LogP contribution in [0, 0.1) is 5.82 Å². The van der Waals surface area contributed by atoms with Gasteiger partial charge in [-0.3, -0.25) is 9.80 Å². The average molecular weight is 538 g/mol. The normalized spacial score (nSPS) is 21.8. The van der Waals surface area contributed by atoms with Crippen molar-refractivity contribution >= 4 is 34.1 Å². The first-order valence-corrected chi connectivity index (χ1v) is 13.1. The fourth-order valence-electron chi connectivity index (χ4n) is 4.87. The van der Waals surface area contributed by atoms with Crippen molar-refractivity contribution in [3.8, 4) is 11.4 Å². The van der Waals surface area contributed by atoms with Crippen LogP contribution in [0.3, 0.4) is 0 Å². The molecule has 6 rings (SSSR count). The summed E-state index contributed by atoms with van der Waals surface area (Å²) in [6, 6.07) is 7.07. The molecule has 2 unspecified atom stereocenters. The van der Waals surface area contributed by atoms with Crippen molar-refractivity contribution in [2.24, 2.45) is 0 Å². The molecule has 2 atom stereocenters. The number of anilines is 3. The highest BCUT2D eigenvalue weighted by Crippen LogP contribution is 2.44. The summed E-state index contributed by atoms with van der Waals surface area (Å²) in [7, 11) is 0. The molecule has 2 aromatic heterocycles. The number of carbonyl (C=O) groups is 1. The van der Waals surface area contributed by atoms with E-state index in [4.69, 9.17) is 15.5 Å². The standard InChI is InChI=1S/C26H25F2N7O2S/c27-16-4-6-17(7-5-16)34-10-11-35(26(34)36)20-3-1-2-18(21(20)28)23-22(19-8-9-30-24(29)31-19)32-25(38-23)33-12-14-37-15-13-33/h1-9,18,21H,10-15H2,(H2,29,30,31). The number of benzene rings is 1. The number of allylic oxidation sites excluding steroid dienone is 4. The number of nitrogen functional groups attached to an aromatic ring is 1. The monoisotopic (exact) mass is 537 g/mol. The van der Waals surface area contributed by atoms with Gasteiger partial charge in [0.1, 0.15) is 11.5 Å². The minimum Gasteiger partial charge on any atom is -0.378 e. The summed E-state index contributed by atoms with van der Waals surface area (Å²) in [6.07, 6.45) is 5.26. The lowest BCUT2D eigenvalue weighted by Crippen LogP contribution is -2.36. The van der Waals surface area contributed by atoms with Crippen LogP contribution < -0.4 is 15.5 Å². The molecule has 196 valence electrons. The van der Waals surface area contributed by atoms with Crippen molar-refractivity contribution in [2.75, 3.05) is 54.9 Å². The summed E-state index contributed by atoms with van der Waals surface area (Å²) < 4.78 is 35.2. The molecule has 2 aliphatic heterocycles. The maximum atomic E-state index is 16.3. The maximum Gasteiger partial charge on any atom is 0.328 e. The summed E-state index contributed by atoms with van der Waals surface area (Å²) in [5.41, 5.74) is 7.76. The number of nitrogens with zero attached hydrogens (tertiary/aromatic N) is 6. The van der Waals surface area contributed by atoms with Gasteiger partial charge in [0.25, 0.3) is 0 Å². The lowest BCUT2D eigenvalue weighted by molar-refractivity contribution is 0.122. The Kier molecular flexibility index (Phi) is 6.50. The molecule has 1 aromatic carbocycles. The number of hydrogen-bond acceptors (Lipinski definition) is 8. The van der Waals surface area contributed by atoms with Gasteiger partial charge < -0.3 is 15.4 Å². The number of aromatic nitrogens is 3. The number of nitrogens with two attached hydrogens (primary N) is 1. The molecule has 4 heterocycles. The van der Waals surface area contributed by atoms with E-state index >= 15 is 4.39 Å². The Morgan fingerprint density at radius 3 is 2.55 bits per heavy atom. The molecule has 0 radical (unpaired) electrons. The zero-order valence-electron chi connectivity index (χ0n) is 20.3. The number of halogens is 2. The predicted molar refractivity (Wildman–Crippen MR) is 141 cm³/mol. The Morgan fingerprint density at radius 2 is 1.79 bits per heavy atom. The van der Waals surface area contributed by atoms with Crippen LogP contribution in [0.2, 0.25) is 0 Å². The second kappa shape index (κ2) is 10.1. The summed E-state index contributed by atoms with van der Waals surface area (Å²) in [5, 5.41) is 0.756. The van der Waals surface area contributed by atoms with E-state index in [1.807, 2.05) is 0 Å². The van der Waals surface area contributed by atoms with Gasteiger partial charge in [0.2, 0.25) is 5.95 Å². The van der Waals surface area contributed by atoms with Crippen LogP contribution in [0.25, 0.3) is 11.4 Å². The maximum absolute atomic E-state index is 16.3. The molecule has 3 aromatic rings. The fourth-order valence-corrected chi connectivity index (χ4v) is 6.10. The van der Waals surface area contributed by atoms with Gasteiger partial charge in [-0.25, -0.2) is 28.5 Å². The SMILES string of the molecule is Nc1nccc(-c2nc(N3CCOCC3)sc2C2C=CC=C(N3CCN(c4ccc(F)cc4)C3=O)C2F)n1. The lowest BCUT2D eigenvalue weighted by Gasteiger charge is -2.29. The highest BCUT2D eigenvalue weighted by Gasteiger charge is 2.40. The highest BCUT2D eigenvalue weighted by molar-refractivity contribution is 7.16. The largest absolute Gasteiger partial charge is 0.378 e. The van der Waals surface area contributed by atoms with Gasteiger partial charge in [-0.05, 0) is 36.4 Å². The molecule has 1 aliphatic carbocycles. The van der Waals surface area contributed by atoms with Crippen molar-refractivity contribution in [1.82, 2.24) is 19.9 Å². The number of morpholine rings is 1. The Hall–Kier alpha value is -3.90. The van der Waals surface area contributed by atoms with E-state index in [-0.39, 0.29) is 23.5 Å². The van der Waals surface area contributed by atoms with Crippen LogP contribution >= 0.6 is 11.3 Å². The third-order valence-corrected chi connectivity index (χ3v) is 8.00. The Morgan fingerprint density at radius 1 is 1.03 bits per heavy atom. The third-order valence-electron chi connectivity index (χ3n) is 6.79. The number of hydrogen-bond donors (Lipinski definition) is 1.